The molecule has 0 bridgehead atoms. The Labute approximate surface area is 172 Å². The molecule has 1 fully saturated rings. The van der Waals surface area contributed by atoms with Crippen molar-refractivity contribution in [3.63, 3.8) is 0 Å². The summed E-state index contributed by atoms with van der Waals surface area (Å²) in [6.07, 6.45) is 0.981. The summed E-state index contributed by atoms with van der Waals surface area (Å²) >= 11 is 5.59. The van der Waals surface area contributed by atoms with Gasteiger partial charge in [0, 0.05) is 38.3 Å². The van der Waals surface area contributed by atoms with Gasteiger partial charge < -0.3 is 25.0 Å². The minimum absolute atomic E-state index is 0.0736. The summed E-state index contributed by atoms with van der Waals surface area (Å²) in [7, 11) is 0. The second-order valence-electron chi connectivity index (χ2n) is 8.26. The number of ether oxygens (including phenoxy) is 2. The predicted molar refractivity (Wildman–Crippen MR) is 113 cm³/mol. The minimum atomic E-state index is -0.199. The van der Waals surface area contributed by atoms with Gasteiger partial charge in [-0.15, -0.1) is 0 Å². The molecule has 1 aromatic carbocycles. The second-order valence-corrected chi connectivity index (χ2v) is 8.65. The summed E-state index contributed by atoms with van der Waals surface area (Å²) in [6.45, 7) is 10.8. The highest BCUT2D eigenvalue weighted by atomic mass is 32.1. The number of nitrogens with one attached hydrogen (secondary N) is 2. The van der Waals surface area contributed by atoms with Gasteiger partial charge in [-0.1, -0.05) is 6.07 Å². The van der Waals surface area contributed by atoms with E-state index in [-0.39, 0.29) is 18.2 Å². The van der Waals surface area contributed by atoms with E-state index in [0.717, 1.165) is 54.8 Å². The number of benzene rings is 1. The number of carbonyl (C=O) groups excluding carboxylic acids is 1. The number of amides is 1. The van der Waals surface area contributed by atoms with Crippen LogP contribution in [0.5, 0.6) is 11.5 Å². The molecule has 0 atom stereocenters. The number of nitrogens with zero attached hydrogens (tertiary/aromatic N) is 2. The van der Waals surface area contributed by atoms with Crippen molar-refractivity contribution in [3.8, 4) is 11.5 Å². The third-order valence-electron chi connectivity index (χ3n) is 4.64. The van der Waals surface area contributed by atoms with Gasteiger partial charge in [0.1, 0.15) is 0 Å². The van der Waals surface area contributed by atoms with Crippen LogP contribution < -0.4 is 20.1 Å². The van der Waals surface area contributed by atoms with Crippen LogP contribution in [0, 0.1) is 0 Å². The molecule has 1 saturated heterocycles. The van der Waals surface area contributed by atoms with Crippen LogP contribution in [0.2, 0.25) is 0 Å². The zero-order chi connectivity index (χ0) is 20.1. The molecule has 0 aromatic heterocycles. The molecule has 0 unspecified atom stereocenters. The highest BCUT2D eigenvalue weighted by Gasteiger charge is 2.21. The van der Waals surface area contributed by atoms with Crippen molar-refractivity contribution in [1.29, 1.82) is 0 Å². The number of rotatable bonds is 4. The lowest BCUT2D eigenvalue weighted by molar-refractivity contribution is -0.123. The number of fused-ring (bicyclic) bond motifs is 1. The number of thiocarbonyl (C=S) groups is 1. The zero-order valence-corrected chi connectivity index (χ0v) is 17.7. The fraction of sp³-hybridized carbons (Fsp3) is 0.600. The summed E-state index contributed by atoms with van der Waals surface area (Å²) in [6, 6.07) is 5.92. The Balaban J connectivity index is 1.44. The quantitative estimate of drug-likeness (QED) is 0.738. The smallest absolute Gasteiger partial charge is 0.234 e. The zero-order valence-electron chi connectivity index (χ0n) is 16.9. The van der Waals surface area contributed by atoms with Crippen molar-refractivity contribution in [2.45, 2.75) is 39.3 Å². The third kappa shape index (κ3) is 5.97. The van der Waals surface area contributed by atoms with Crippen molar-refractivity contribution in [3.05, 3.63) is 23.8 Å². The van der Waals surface area contributed by atoms with Crippen molar-refractivity contribution in [2.75, 3.05) is 39.5 Å². The van der Waals surface area contributed by atoms with Gasteiger partial charge in [0.2, 0.25) is 12.7 Å². The van der Waals surface area contributed by atoms with Crippen LogP contribution in [0.25, 0.3) is 0 Å². The van der Waals surface area contributed by atoms with Gasteiger partial charge in [-0.2, -0.15) is 0 Å². The summed E-state index contributed by atoms with van der Waals surface area (Å²) in [5.74, 6) is 1.64. The first kappa shape index (κ1) is 20.7. The van der Waals surface area contributed by atoms with E-state index in [0.29, 0.717) is 13.1 Å². The monoisotopic (exact) mass is 406 g/mol. The van der Waals surface area contributed by atoms with Crippen LogP contribution in [-0.4, -0.2) is 65.9 Å². The molecule has 7 nitrogen and oxygen atoms in total. The standard InChI is InChI=1S/C20H30N4O3S/c1-20(2,3)22-18(25)13-23-7-4-8-24(10-9-23)19(28)21-12-15-5-6-16-17(11-15)27-14-26-16/h5-6,11H,4,7-10,12-14H2,1-3H3,(H,21,28)(H,22,25). The van der Waals surface area contributed by atoms with Crippen molar-refractivity contribution in [1.82, 2.24) is 20.4 Å². The van der Waals surface area contributed by atoms with Gasteiger partial charge in [0.05, 0.1) is 6.54 Å². The molecule has 8 heteroatoms. The number of hydrogen-bond acceptors (Lipinski definition) is 5. The lowest BCUT2D eigenvalue weighted by atomic mass is 10.1. The van der Waals surface area contributed by atoms with Crippen molar-refractivity contribution in [2.24, 2.45) is 0 Å². The Kier molecular flexibility index (Phi) is 6.61. The molecule has 3 rings (SSSR count). The van der Waals surface area contributed by atoms with Gasteiger partial charge in [-0.05, 0) is 57.1 Å². The van der Waals surface area contributed by atoms with E-state index in [4.69, 9.17) is 21.7 Å². The highest BCUT2D eigenvalue weighted by molar-refractivity contribution is 7.80. The summed E-state index contributed by atoms with van der Waals surface area (Å²) in [4.78, 5) is 16.6. The fourth-order valence-electron chi connectivity index (χ4n) is 3.33. The Morgan fingerprint density at radius 1 is 1.14 bits per heavy atom. The lowest BCUT2D eigenvalue weighted by Crippen LogP contribution is -2.47. The van der Waals surface area contributed by atoms with E-state index in [1.165, 1.54) is 0 Å². The Morgan fingerprint density at radius 3 is 2.71 bits per heavy atom. The van der Waals surface area contributed by atoms with Crippen LogP contribution >= 0.6 is 12.2 Å². The van der Waals surface area contributed by atoms with E-state index < -0.39 is 0 Å². The maximum Gasteiger partial charge on any atom is 0.234 e. The summed E-state index contributed by atoms with van der Waals surface area (Å²) in [5.41, 5.74) is 0.900. The number of carbonyl (C=O) groups is 1. The van der Waals surface area contributed by atoms with Crippen LogP contribution in [0.15, 0.2) is 18.2 Å². The van der Waals surface area contributed by atoms with E-state index in [1.54, 1.807) is 0 Å². The van der Waals surface area contributed by atoms with Crippen LogP contribution in [0.1, 0.15) is 32.8 Å². The average Bonchev–Trinajstić information content (AvgIpc) is 2.96. The topological polar surface area (TPSA) is 66.1 Å². The Bertz CT molecular complexity index is 720. The van der Waals surface area contributed by atoms with Crippen LogP contribution in [-0.2, 0) is 11.3 Å². The van der Waals surface area contributed by atoms with E-state index >= 15 is 0 Å². The third-order valence-corrected chi connectivity index (χ3v) is 5.04. The fourth-order valence-corrected chi connectivity index (χ4v) is 3.59. The molecule has 28 heavy (non-hydrogen) atoms. The molecule has 2 aliphatic heterocycles. The normalized spacial score (nSPS) is 17.2. The van der Waals surface area contributed by atoms with Gasteiger partial charge in [-0.25, -0.2) is 0 Å². The molecule has 0 saturated carbocycles. The van der Waals surface area contributed by atoms with Crippen molar-refractivity contribution >= 4 is 23.2 Å². The van der Waals surface area contributed by atoms with E-state index in [1.807, 2.05) is 39.0 Å². The first-order valence-electron chi connectivity index (χ1n) is 9.75. The molecule has 2 heterocycles. The van der Waals surface area contributed by atoms with E-state index in [9.17, 15) is 4.79 Å². The first-order valence-corrected chi connectivity index (χ1v) is 10.2. The van der Waals surface area contributed by atoms with Gasteiger partial charge >= 0.3 is 0 Å². The summed E-state index contributed by atoms with van der Waals surface area (Å²) < 4.78 is 10.8. The molecule has 1 amide bonds. The Hall–Kier alpha value is -2.06. The van der Waals surface area contributed by atoms with Crippen LogP contribution in [0.3, 0.4) is 0 Å². The maximum absolute atomic E-state index is 12.2. The number of hydrogen-bond donors (Lipinski definition) is 2. The average molecular weight is 407 g/mol. The second kappa shape index (κ2) is 8.96. The molecule has 2 N–H and O–H groups in total. The largest absolute Gasteiger partial charge is 0.454 e. The van der Waals surface area contributed by atoms with Crippen LogP contribution in [0.4, 0.5) is 0 Å². The van der Waals surface area contributed by atoms with E-state index in [2.05, 4.69) is 20.4 Å². The maximum atomic E-state index is 12.2. The first-order chi connectivity index (χ1) is 13.3. The lowest BCUT2D eigenvalue weighted by Gasteiger charge is -2.26. The Morgan fingerprint density at radius 2 is 1.93 bits per heavy atom. The predicted octanol–water partition coefficient (Wildman–Crippen LogP) is 1.71. The van der Waals surface area contributed by atoms with Gasteiger partial charge in [0.15, 0.2) is 16.6 Å². The molecule has 1 aromatic rings. The van der Waals surface area contributed by atoms with Gasteiger partial charge in [-0.3, -0.25) is 9.69 Å². The SMILES string of the molecule is CC(C)(C)NC(=O)CN1CCCN(C(=S)NCc2ccc3c(c2)OCO3)CC1. The van der Waals surface area contributed by atoms with Crippen molar-refractivity contribution < 1.29 is 14.3 Å². The van der Waals surface area contributed by atoms with Gasteiger partial charge in [0.25, 0.3) is 0 Å². The highest BCUT2D eigenvalue weighted by Crippen LogP contribution is 2.32. The minimum Gasteiger partial charge on any atom is -0.454 e. The molecule has 0 spiro atoms. The molecular weight excluding hydrogens is 376 g/mol. The molecule has 154 valence electrons. The molecule has 0 aliphatic carbocycles. The molecule has 2 aliphatic rings. The molecule has 0 radical (unpaired) electrons. The molecular formula is C20H30N4O3S. The summed E-state index contributed by atoms with van der Waals surface area (Å²) in [5, 5.41) is 7.11.